The smallest absolute Gasteiger partial charge is 0.341 e. The van der Waals surface area contributed by atoms with Crippen molar-refractivity contribution < 1.29 is 9.53 Å². The fraction of sp³-hybridized carbons (Fsp3) is 0.300. The predicted molar refractivity (Wildman–Crippen MR) is 53.8 cm³/mol. The number of esters is 1. The summed E-state index contributed by atoms with van der Waals surface area (Å²) < 4.78 is 6.29. The molecule has 0 aliphatic heterocycles. The molecule has 0 radical (unpaired) electrons. The summed E-state index contributed by atoms with van der Waals surface area (Å²) >= 11 is 0. The van der Waals surface area contributed by atoms with Gasteiger partial charge in [0.05, 0.1) is 24.1 Å². The second-order valence-corrected chi connectivity index (χ2v) is 3.30. The largest absolute Gasteiger partial charge is 0.465 e. The highest BCUT2D eigenvalue weighted by molar-refractivity contribution is 5.90. The van der Waals surface area contributed by atoms with Crippen LogP contribution in [0.25, 0.3) is 5.65 Å². The van der Waals surface area contributed by atoms with Crippen LogP contribution in [0.5, 0.6) is 0 Å². The molecule has 15 heavy (non-hydrogen) atoms. The molecule has 0 aromatic carbocycles. The van der Waals surface area contributed by atoms with E-state index in [9.17, 15) is 4.79 Å². The topological polar surface area (TPSA) is 56.5 Å². The second-order valence-electron chi connectivity index (χ2n) is 3.30. The van der Waals surface area contributed by atoms with E-state index in [1.54, 1.807) is 4.52 Å². The van der Waals surface area contributed by atoms with Crippen LogP contribution in [0.3, 0.4) is 0 Å². The highest BCUT2D eigenvalue weighted by atomic mass is 16.5. The summed E-state index contributed by atoms with van der Waals surface area (Å²) in [6.07, 6.45) is 1.51. The van der Waals surface area contributed by atoms with Crippen molar-refractivity contribution in [3.63, 3.8) is 0 Å². The number of fused-ring (bicyclic) bond motifs is 1. The molecule has 78 valence electrons. The summed E-state index contributed by atoms with van der Waals surface area (Å²) in [5.74, 6) is -0.393. The van der Waals surface area contributed by atoms with Crippen molar-refractivity contribution in [2.24, 2.45) is 0 Å². The zero-order valence-electron chi connectivity index (χ0n) is 8.81. The third-order valence-corrected chi connectivity index (χ3v) is 2.25. The van der Waals surface area contributed by atoms with Crippen molar-refractivity contribution in [3.05, 3.63) is 29.2 Å². The van der Waals surface area contributed by atoms with Crippen molar-refractivity contribution >= 4 is 11.6 Å². The van der Waals surface area contributed by atoms with E-state index in [1.807, 2.05) is 19.9 Å². The Labute approximate surface area is 86.7 Å². The van der Waals surface area contributed by atoms with Crippen LogP contribution in [-0.2, 0) is 4.74 Å². The van der Waals surface area contributed by atoms with Crippen LogP contribution >= 0.6 is 0 Å². The maximum Gasteiger partial charge on any atom is 0.341 e. The van der Waals surface area contributed by atoms with Crippen LogP contribution in [0, 0.1) is 13.8 Å². The molecule has 0 N–H and O–H groups in total. The summed E-state index contributed by atoms with van der Waals surface area (Å²) in [6, 6.07) is 1.86. The summed E-state index contributed by atoms with van der Waals surface area (Å²) in [4.78, 5) is 15.5. The molecular formula is C10H11N3O2. The number of aromatic nitrogens is 3. The number of rotatable bonds is 1. The number of hydrogen-bond acceptors (Lipinski definition) is 4. The molecule has 0 aliphatic rings. The lowest BCUT2D eigenvalue weighted by Crippen LogP contribution is -2.09. The Morgan fingerprint density at radius 2 is 2.20 bits per heavy atom. The van der Waals surface area contributed by atoms with E-state index in [-0.39, 0.29) is 0 Å². The Hall–Kier alpha value is -1.91. The molecule has 0 bridgehead atoms. The molecule has 0 amide bonds. The van der Waals surface area contributed by atoms with Crippen LogP contribution in [0.2, 0.25) is 0 Å². The SMILES string of the molecule is COC(=O)c1cnc2cc(C)nn2c1C. The number of carbonyl (C=O) groups excluding carboxylic acids is 1. The summed E-state index contributed by atoms with van der Waals surface area (Å²) in [7, 11) is 1.35. The molecule has 2 rings (SSSR count). The number of carbonyl (C=O) groups is 1. The molecular weight excluding hydrogens is 194 g/mol. The fourth-order valence-electron chi connectivity index (χ4n) is 1.47. The quantitative estimate of drug-likeness (QED) is 0.655. The monoisotopic (exact) mass is 205 g/mol. The zero-order chi connectivity index (χ0) is 11.0. The average molecular weight is 205 g/mol. The molecule has 2 aromatic heterocycles. The Morgan fingerprint density at radius 1 is 1.47 bits per heavy atom. The van der Waals surface area contributed by atoms with Crippen LogP contribution in [0.15, 0.2) is 12.3 Å². The van der Waals surface area contributed by atoms with E-state index in [0.717, 1.165) is 17.0 Å². The van der Waals surface area contributed by atoms with Gasteiger partial charge >= 0.3 is 5.97 Å². The van der Waals surface area contributed by atoms with Gasteiger partial charge in [0.25, 0.3) is 0 Å². The number of nitrogens with zero attached hydrogens (tertiary/aromatic N) is 3. The van der Waals surface area contributed by atoms with Crippen LogP contribution in [0.4, 0.5) is 0 Å². The highest BCUT2D eigenvalue weighted by Crippen LogP contribution is 2.11. The van der Waals surface area contributed by atoms with E-state index in [1.165, 1.54) is 13.3 Å². The lowest BCUT2D eigenvalue weighted by atomic mass is 10.2. The maximum atomic E-state index is 11.4. The minimum absolute atomic E-state index is 0.393. The van der Waals surface area contributed by atoms with Crippen LogP contribution in [0.1, 0.15) is 21.7 Å². The standard InChI is InChI=1S/C10H11N3O2/c1-6-4-9-11-5-8(10(14)15-3)7(2)13(9)12-6/h4-5H,1-3H3. The van der Waals surface area contributed by atoms with Crippen molar-refractivity contribution in [1.82, 2.24) is 14.6 Å². The number of aryl methyl sites for hydroxylation is 2. The third kappa shape index (κ3) is 1.45. The molecule has 2 heterocycles. The Bertz CT molecular complexity index is 531. The van der Waals surface area contributed by atoms with Crippen molar-refractivity contribution in [1.29, 1.82) is 0 Å². The maximum absolute atomic E-state index is 11.4. The van der Waals surface area contributed by atoms with Crippen molar-refractivity contribution in [3.8, 4) is 0 Å². The lowest BCUT2D eigenvalue weighted by molar-refractivity contribution is 0.0598. The van der Waals surface area contributed by atoms with E-state index < -0.39 is 5.97 Å². The Morgan fingerprint density at radius 3 is 2.87 bits per heavy atom. The van der Waals surface area contributed by atoms with Gasteiger partial charge in [0.1, 0.15) is 0 Å². The minimum atomic E-state index is -0.393. The fourth-order valence-corrected chi connectivity index (χ4v) is 1.47. The second kappa shape index (κ2) is 3.34. The van der Waals surface area contributed by atoms with Gasteiger partial charge in [-0.15, -0.1) is 0 Å². The van der Waals surface area contributed by atoms with Crippen molar-refractivity contribution in [2.45, 2.75) is 13.8 Å². The summed E-state index contributed by atoms with van der Waals surface area (Å²) in [5, 5.41) is 4.24. The molecule has 0 unspecified atom stereocenters. The molecule has 5 heteroatoms. The third-order valence-electron chi connectivity index (χ3n) is 2.25. The number of hydrogen-bond donors (Lipinski definition) is 0. The van der Waals surface area contributed by atoms with E-state index in [4.69, 9.17) is 0 Å². The highest BCUT2D eigenvalue weighted by Gasteiger charge is 2.13. The molecule has 5 nitrogen and oxygen atoms in total. The normalized spacial score (nSPS) is 10.6. The average Bonchev–Trinajstić information content (AvgIpc) is 2.59. The first-order valence-corrected chi connectivity index (χ1v) is 4.54. The van der Waals surface area contributed by atoms with Gasteiger partial charge in [-0.05, 0) is 13.8 Å². The van der Waals surface area contributed by atoms with Gasteiger partial charge in [0.15, 0.2) is 5.65 Å². The Balaban J connectivity index is 2.69. The van der Waals surface area contributed by atoms with Crippen LogP contribution in [-0.4, -0.2) is 27.7 Å². The van der Waals surface area contributed by atoms with Crippen LogP contribution < -0.4 is 0 Å². The number of methoxy groups -OCH3 is 1. The molecule has 0 saturated carbocycles. The first-order chi connectivity index (χ1) is 7.13. The van der Waals surface area contributed by atoms with Gasteiger partial charge in [0, 0.05) is 12.3 Å². The number of ether oxygens (including phenoxy) is 1. The molecule has 0 spiro atoms. The molecule has 0 aliphatic carbocycles. The van der Waals surface area contributed by atoms with E-state index >= 15 is 0 Å². The van der Waals surface area contributed by atoms with Gasteiger partial charge < -0.3 is 4.74 Å². The first kappa shape index (κ1) is 9.64. The summed E-state index contributed by atoms with van der Waals surface area (Å²) in [6.45, 7) is 3.69. The van der Waals surface area contributed by atoms with Gasteiger partial charge in [-0.25, -0.2) is 14.3 Å². The summed E-state index contributed by atoms with van der Waals surface area (Å²) in [5.41, 5.74) is 2.78. The van der Waals surface area contributed by atoms with Gasteiger partial charge in [0.2, 0.25) is 0 Å². The molecule has 0 saturated heterocycles. The van der Waals surface area contributed by atoms with Gasteiger partial charge in [-0.3, -0.25) is 0 Å². The zero-order valence-corrected chi connectivity index (χ0v) is 8.81. The minimum Gasteiger partial charge on any atom is -0.465 e. The molecule has 0 atom stereocenters. The van der Waals surface area contributed by atoms with E-state index in [2.05, 4.69) is 14.8 Å². The van der Waals surface area contributed by atoms with E-state index in [0.29, 0.717) is 5.56 Å². The predicted octanol–water partition coefficient (Wildman–Crippen LogP) is 1.13. The van der Waals surface area contributed by atoms with Gasteiger partial charge in [-0.1, -0.05) is 0 Å². The van der Waals surface area contributed by atoms with Crippen molar-refractivity contribution in [2.75, 3.05) is 7.11 Å². The Kier molecular flexibility index (Phi) is 2.15. The molecule has 0 fully saturated rings. The molecule has 2 aromatic rings. The lowest BCUT2D eigenvalue weighted by Gasteiger charge is -2.04. The van der Waals surface area contributed by atoms with Gasteiger partial charge in [-0.2, -0.15) is 5.10 Å². The first-order valence-electron chi connectivity index (χ1n) is 4.54.